The van der Waals surface area contributed by atoms with Crippen LogP contribution in [0.1, 0.15) is 0 Å². The van der Waals surface area contributed by atoms with Crippen LogP contribution >= 0.6 is 0 Å². The van der Waals surface area contributed by atoms with Crippen LogP contribution in [-0.2, 0) is 0 Å². The molecule has 0 N–H and O–H groups in total. The molecule has 2 aromatic heterocycles. The van der Waals surface area contributed by atoms with Crippen molar-refractivity contribution in [2.75, 3.05) is 0 Å². The van der Waals surface area contributed by atoms with E-state index in [9.17, 15) is 4.79 Å². The maximum absolute atomic E-state index is 13.0. The third-order valence-electron chi connectivity index (χ3n) is 3.68. The first-order valence-corrected chi connectivity index (χ1v) is 7.33. The molecule has 0 aliphatic rings. The van der Waals surface area contributed by atoms with Crippen LogP contribution in [0, 0.1) is 0 Å². The number of rotatable bonds is 2. The number of hydrogen-bond acceptors (Lipinski definition) is 3. The molecule has 23 heavy (non-hydrogen) atoms. The van der Waals surface area contributed by atoms with Gasteiger partial charge in [0.25, 0.3) is 5.56 Å². The van der Waals surface area contributed by atoms with Crippen LogP contribution in [0.5, 0.6) is 0 Å². The van der Waals surface area contributed by atoms with Gasteiger partial charge in [0, 0.05) is 11.8 Å². The molecule has 4 aromatic rings. The summed E-state index contributed by atoms with van der Waals surface area (Å²) in [7, 11) is 0. The van der Waals surface area contributed by atoms with Crippen LogP contribution < -0.4 is 5.56 Å². The van der Waals surface area contributed by atoms with E-state index in [-0.39, 0.29) is 5.56 Å². The van der Waals surface area contributed by atoms with Gasteiger partial charge in [0.1, 0.15) is 5.82 Å². The van der Waals surface area contributed by atoms with E-state index in [0.29, 0.717) is 16.9 Å². The molecule has 0 fully saturated rings. The van der Waals surface area contributed by atoms with Crippen LogP contribution in [0.15, 0.2) is 83.8 Å². The van der Waals surface area contributed by atoms with E-state index in [1.807, 2.05) is 66.7 Å². The van der Waals surface area contributed by atoms with Gasteiger partial charge in [-0.15, -0.1) is 0 Å². The summed E-state index contributed by atoms with van der Waals surface area (Å²) in [6.07, 6.45) is 1.61. The Morgan fingerprint density at radius 3 is 2.22 bits per heavy atom. The fourth-order valence-electron chi connectivity index (χ4n) is 2.62. The highest BCUT2D eigenvalue weighted by Crippen LogP contribution is 2.21. The van der Waals surface area contributed by atoms with Gasteiger partial charge >= 0.3 is 0 Å². The predicted octanol–water partition coefficient (Wildman–Crippen LogP) is 3.45. The van der Waals surface area contributed by atoms with Crippen molar-refractivity contribution in [3.63, 3.8) is 0 Å². The van der Waals surface area contributed by atoms with E-state index in [2.05, 4.69) is 9.97 Å². The zero-order valence-electron chi connectivity index (χ0n) is 12.3. The quantitative estimate of drug-likeness (QED) is 0.569. The van der Waals surface area contributed by atoms with Crippen LogP contribution in [-0.4, -0.2) is 14.5 Å². The third kappa shape index (κ3) is 2.30. The largest absolute Gasteiger partial charge is 0.284 e. The highest BCUT2D eigenvalue weighted by atomic mass is 16.1. The van der Waals surface area contributed by atoms with Gasteiger partial charge in [-0.25, -0.2) is 9.97 Å². The Kier molecular flexibility index (Phi) is 3.20. The van der Waals surface area contributed by atoms with Gasteiger partial charge in [0.2, 0.25) is 0 Å². The molecule has 0 bridgehead atoms. The van der Waals surface area contributed by atoms with Crippen molar-refractivity contribution in [1.29, 1.82) is 0 Å². The molecule has 0 unspecified atom stereocenters. The van der Waals surface area contributed by atoms with Crippen molar-refractivity contribution in [3.8, 4) is 17.1 Å². The highest BCUT2D eigenvalue weighted by Gasteiger charge is 2.14. The van der Waals surface area contributed by atoms with Crippen molar-refractivity contribution in [2.45, 2.75) is 0 Å². The summed E-state index contributed by atoms with van der Waals surface area (Å²) in [5, 5.41) is 0. The third-order valence-corrected chi connectivity index (χ3v) is 3.68. The Bertz CT molecular complexity index is 1020. The minimum Gasteiger partial charge on any atom is -0.266 e. The molecule has 2 aromatic carbocycles. The Morgan fingerprint density at radius 2 is 1.48 bits per heavy atom. The van der Waals surface area contributed by atoms with Crippen LogP contribution in [0.3, 0.4) is 0 Å². The highest BCUT2D eigenvalue weighted by molar-refractivity contribution is 5.76. The standard InChI is InChI=1S/C19H13N3O/c23-19-17-16(12-7-13-20-17)21-18(14-8-3-1-4-9-14)22(19)15-10-5-2-6-11-15/h1-13H. The first kappa shape index (κ1) is 13.4. The van der Waals surface area contributed by atoms with Crippen molar-refractivity contribution >= 4 is 11.0 Å². The summed E-state index contributed by atoms with van der Waals surface area (Å²) in [6, 6.07) is 22.8. The Morgan fingerprint density at radius 1 is 0.783 bits per heavy atom. The molecule has 0 atom stereocenters. The zero-order valence-corrected chi connectivity index (χ0v) is 12.3. The number of nitrogens with zero attached hydrogens (tertiary/aromatic N) is 3. The van der Waals surface area contributed by atoms with Crippen molar-refractivity contribution in [3.05, 3.63) is 89.3 Å². The fraction of sp³-hybridized carbons (Fsp3) is 0. The summed E-state index contributed by atoms with van der Waals surface area (Å²) < 4.78 is 1.62. The smallest absolute Gasteiger partial charge is 0.266 e. The van der Waals surface area contributed by atoms with Gasteiger partial charge < -0.3 is 0 Å². The van der Waals surface area contributed by atoms with E-state index >= 15 is 0 Å². The normalized spacial score (nSPS) is 10.8. The molecule has 0 spiro atoms. The molecule has 4 heteroatoms. The molecule has 0 amide bonds. The molecule has 0 aliphatic heterocycles. The second-order valence-corrected chi connectivity index (χ2v) is 5.15. The second kappa shape index (κ2) is 5.50. The number of benzene rings is 2. The molecule has 110 valence electrons. The number of pyridine rings is 1. The second-order valence-electron chi connectivity index (χ2n) is 5.15. The number of fused-ring (bicyclic) bond motifs is 1. The summed E-state index contributed by atoms with van der Waals surface area (Å²) in [6.45, 7) is 0. The monoisotopic (exact) mass is 299 g/mol. The van der Waals surface area contributed by atoms with E-state index in [0.717, 1.165) is 11.3 Å². The van der Waals surface area contributed by atoms with Gasteiger partial charge in [-0.3, -0.25) is 9.36 Å². The fourth-order valence-corrected chi connectivity index (χ4v) is 2.62. The summed E-state index contributed by atoms with van der Waals surface area (Å²) in [5.74, 6) is 0.613. The topological polar surface area (TPSA) is 47.8 Å². The number of aromatic nitrogens is 3. The van der Waals surface area contributed by atoms with E-state index in [1.54, 1.807) is 16.8 Å². The maximum Gasteiger partial charge on any atom is 0.284 e. The molecule has 4 rings (SSSR count). The average Bonchev–Trinajstić information content (AvgIpc) is 2.63. The molecular weight excluding hydrogens is 286 g/mol. The molecule has 2 heterocycles. The van der Waals surface area contributed by atoms with Crippen molar-refractivity contribution < 1.29 is 0 Å². The minimum absolute atomic E-state index is 0.166. The van der Waals surface area contributed by atoms with Crippen molar-refractivity contribution in [1.82, 2.24) is 14.5 Å². The van der Waals surface area contributed by atoms with Gasteiger partial charge in [0.05, 0.1) is 11.2 Å². The lowest BCUT2D eigenvalue weighted by Crippen LogP contribution is -2.22. The van der Waals surface area contributed by atoms with E-state index in [1.165, 1.54) is 0 Å². The van der Waals surface area contributed by atoms with E-state index in [4.69, 9.17) is 0 Å². The van der Waals surface area contributed by atoms with Crippen LogP contribution in [0.25, 0.3) is 28.1 Å². The average molecular weight is 299 g/mol. The molecule has 0 saturated heterocycles. The Hall–Kier alpha value is -3.27. The Labute approximate surface area is 132 Å². The van der Waals surface area contributed by atoms with Crippen molar-refractivity contribution in [2.24, 2.45) is 0 Å². The number of para-hydroxylation sites is 1. The van der Waals surface area contributed by atoms with Crippen LogP contribution in [0.2, 0.25) is 0 Å². The lowest BCUT2D eigenvalue weighted by atomic mass is 10.2. The lowest BCUT2D eigenvalue weighted by Gasteiger charge is -2.13. The SMILES string of the molecule is O=c1c2ncccc2nc(-c2ccccc2)n1-c1ccccc1. The van der Waals surface area contributed by atoms with Gasteiger partial charge in [-0.05, 0) is 24.3 Å². The maximum atomic E-state index is 13.0. The van der Waals surface area contributed by atoms with Gasteiger partial charge in [-0.1, -0.05) is 48.5 Å². The summed E-state index contributed by atoms with van der Waals surface area (Å²) in [5.41, 5.74) is 2.47. The van der Waals surface area contributed by atoms with Gasteiger partial charge in [0.15, 0.2) is 5.52 Å². The molecular formula is C19H13N3O. The first-order valence-electron chi connectivity index (χ1n) is 7.33. The predicted molar refractivity (Wildman–Crippen MR) is 90.6 cm³/mol. The summed E-state index contributed by atoms with van der Waals surface area (Å²) >= 11 is 0. The zero-order chi connectivity index (χ0) is 15.6. The molecule has 4 nitrogen and oxygen atoms in total. The van der Waals surface area contributed by atoms with Crippen LogP contribution in [0.4, 0.5) is 0 Å². The van der Waals surface area contributed by atoms with E-state index < -0.39 is 0 Å². The summed E-state index contributed by atoms with van der Waals surface area (Å²) in [4.78, 5) is 21.9. The molecule has 0 aliphatic carbocycles. The number of hydrogen-bond donors (Lipinski definition) is 0. The minimum atomic E-state index is -0.166. The van der Waals surface area contributed by atoms with Gasteiger partial charge in [-0.2, -0.15) is 0 Å². The first-order chi connectivity index (χ1) is 11.3. The Balaban J connectivity index is 2.14. The molecule has 0 radical (unpaired) electrons. The lowest BCUT2D eigenvalue weighted by molar-refractivity contribution is 0.968. The molecule has 0 saturated carbocycles.